The number of furan rings is 1. The number of carbonyl (C=O) groups is 1. The van der Waals surface area contributed by atoms with Gasteiger partial charge >= 0.3 is 0 Å². The van der Waals surface area contributed by atoms with Crippen LogP contribution in [-0.4, -0.2) is 25.8 Å². The smallest absolute Gasteiger partial charge is 0.285 e. The Balaban J connectivity index is 1.41. The van der Waals surface area contributed by atoms with E-state index in [4.69, 9.17) is 13.9 Å². The molecule has 0 unspecified atom stereocenters. The molecule has 1 heterocycles. The Hall–Kier alpha value is -3.01. The number of amides is 1. The van der Waals surface area contributed by atoms with Crippen LogP contribution in [0.25, 0.3) is 0 Å². The third-order valence-electron chi connectivity index (χ3n) is 3.82. The Kier molecular flexibility index (Phi) is 7.51. The van der Waals surface area contributed by atoms with Crippen molar-refractivity contribution in [1.82, 2.24) is 5.43 Å². The van der Waals surface area contributed by atoms with E-state index in [9.17, 15) is 4.79 Å². The SMILES string of the molecule is COc1ccc(COc2ccc(/C=N/NC(=O)CNc3ccc(I)cc3)o2)cc1. The van der Waals surface area contributed by atoms with Gasteiger partial charge in [-0.1, -0.05) is 12.1 Å². The highest BCUT2D eigenvalue weighted by Gasteiger charge is 2.03. The van der Waals surface area contributed by atoms with Gasteiger partial charge in [-0.25, -0.2) is 5.43 Å². The monoisotopic (exact) mass is 505 g/mol. The third kappa shape index (κ3) is 6.83. The van der Waals surface area contributed by atoms with Crippen molar-refractivity contribution in [2.24, 2.45) is 5.10 Å². The second kappa shape index (κ2) is 10.5. The zero-order chi connectivity index (χ0) is 20.5. The van der Waals surface area contributed by atoms with Crippen LogP contribution in [-0.2, 0) is 11.4 Å². The number of ether oxygens (including phenoxy) is 2. The maximum Gasteiger partial charge on any atom is 0.285 e. The molecule has 150 valence electrons. The Morgan fingerprint density at radius 3 is 2.59 bits per heavy atom. The van der Waals surface area contributed by atoms with Gasteiger partial charge in [-0.05, 0) is 70.6 Å². The Morgan fingerprint density at radius 1 is 1.10 bits per heavy atom. The quantitative estimate of drug-likeness (QED) is 0.261. The first kappa shape index (κ1) is 20.7. The predicted octanol–water partition coefficient (Wildman–Crippen LogP) is 4.03. The van der Waals surface area contributed by atoms with E-state index in [1.807, 2.05) is 48.5 Å². The minimum absolute atomic E-state index is 0.117. The summed E-state index contributed by atoms with van der Waals surface area (Å²) in [6.07, 6.45) is 1.42. The fraction of sp³-hybridized carbons (Fsp3) is 0.143. The van der Waals surface area contributed by atoms with E-state index in [1.165, 1.54) is 6.21 Å². The number of hydrogen-bond acceptors (Lipinski definition) is 6. The summed E-state index contributed by atoms with van der Waals surface area (Å²) >= 11 is 2.23. The van der Waals surface area contributed by atoms with Crippen LogP contribution in [0, 0.1) is 3.57 Å². The number of carbonyl (C=O) groups excluding carboxylic acids is 1. The number of anilines is 1. The topological polar surface area (TPSA) is 85.1 Å². The summed E-state index contributed by atoms with van der Waals surface area (Å²) in [6, 6.07) is 18.7. The van der Waals surface area contributed by atoms with Crippen molar-refractivity contribution in [3.05, 3.63) is 75.6 Å². The number of nitrogens with zero attached hydrogens (tertiary/aromatic N) is 1. The molecule has 0 fully saturated rings. The Labute approximate surface area is 182 Å². The van der Waals surface area contributed by atoms with Crippen LogP contribution in [0.2, 0.25) is 0 Å². The standard InChI is InChI=1S/C21H20IN3O4/c1-27-18-8-2-15(3-9-18)14-28-21-11-10-19(29-21)12-24-25-20(26)13-23-17-6-4-16(22)5-7-17/h2-12,23H,13-14H2,1H3,(H,25,26)/b24-12+. The lowest BCUT2D eigenvalue weighted by atomic mass is 10.2. The highest BCUT2D eigenvalue weighted by atomic mass is 127. The van der Waals surface area contributed by atoms with Gasteiger partial charge in [-0.2, -0.15) is 5.10 Å². The molecule has 0 saturated heterocycles. The van der Waals surface area contributed by atoms with E-state index in [2.05, 4.69) is 38.4 Å². The van der Waals surface area contributed by atoms with Gasteiger partial charge in [0, 0.05) is 15.3 Å². The normalized spacial score (nSPS) is 10.7. The number of rotatable bonds is 9. The lowest BCUT2D eigenvalue weighted by Crippen LogP contribution is -2.25. The first-order valence-corrected chi connectivity index (χ1v) is 9.87. The van der Waals surface area contributed by atoms with E-state index >= 15 is 0 Å². The van der Waals surface area contributed by atoms with Crippen molar-refractivity contribution < 1.29 is 18.7 Å². The second-order valence-electron chi connectivity index (χ2n) is 5.95. The first-order chi connectivity index (χ1) is 14.1. The number of hydrogen-bond donors (Lipinski definition) is 2. The Bertz CT molecular complexity index is 953. The van der Waals surface area contributed by atoms with Gasteiger partial charge in [0.1, 0.15) is 12.4 Å². The number of benzene rings is 2. The molecule has 0 spiro atoms. The van der Waals surface area contributed by atoms with Crippen LogP contribution in [0.4, 0.5) is 5.69 Å². The van der Waals surface area contributed by atoms with Crippen LogP contribution in [0.3, 0.4) is 0 Å². The van der Waals surface area contributed by atoms with E-state index < -0.39 is 0 Å². The summed E-state index contributed by atoms with van der Waals surface area (Å²) in [5.41, 5.74) is 4.31. The largest absolute Gasteiger partial charge is 0.497 e. The minimum atomic E-state index is -0.262. The van der Waals surface area contributed by atoms with Gasteiger partial charge in [-0.15, -0.1) is 0 Å². The Morgan fingerprint density at radius 2 is 1.86 bits per heavy atom. The number of methoxy groups -OCH3 is 1. The molecule has 2 aromatic carbocycles. The van der Waals surface area contributed by atoms with Crippen molar-refractivity contribution in [2.45, 2.75) is 6.61 Å². The summed E-state index contributed by atoms with van der Waals surface area (Å²) in [5, 5.41) is 6.91. The second-order valence-corrected chi connectivity index (χ2v) is 7.19. The molecule has 3 rings (SSSR count). The van der Waals surface area contributed by atoms with Gasteiger partial charge in [0.2, 0.25) is 0 Å². The van der Waals surface area contributed by atoms with E-state index in [-0.39, 0.29) is 12.5 Å². The molecule has 0 radical (unpaired) electrons. The van der Waals surface area contributed by atoms with Crippen molar-refractivity contribution >= 4 is 40.4 Å². The molecule has 29 heavy (non-hydrogen) atoms. The summed E-state index contributed by atoms with van der Waals surface area (Å²) in [7, 11) is 1.63. The molecule has 0 aliphatic rings. The molecule has 1 aromatic heterocycles. The zero-order valence-corrected chi connectivity index (χ0v) is 17.9. The third-order valence-corrected chi connectivity index (χ3v) is 4.54. The lowest BCUT2D eigenvalue weighted by molar-refractivity contribution is -0.119. The number of nitrogens with one attached hydrogen (secondary N) is 2. The van der Waals surface area contributed by atoms with Crippen LogP contribution in [0.15, 0.2) is 70.2 Å². The highest BCUT2D eigenvalue weighted by molar-refractivity contribution is 14.1. The summed E-state index contributed by atoms with van der Waals surface area (Å²) < 4.78 is 17.4. The van der Waals surface area contributed by atoms with E-state index in [0.717, 1.165) is 20.6 Å². The van der Waals surface area contributed by atoms with Crippen molar-refractivity contribution in [2.75, 3.05) is 19.0 Å². The predicted molar refractivity (Wildman–Crippen MR) is 119 cm³/mol. The molecular formula is C21H20IN3O4. The van der Waals surface area contributed by atoms with Gasteiger partial charge in [0.05, 0.1) is 19.9 Å². The summed E-state index contributed by atoms with van der Waals surface area (Å²) in [4.78, 5) is 11.8. The van der Waals surface area contributed by atoms with E-state index in [0.29, 0.717) is 18.3 Å². The minimum Gasteiger partial charge on any atom is -0.497 e. The zero-order valence-electron chi connectivity index (χ0n) is 15.7. The average Bonchev–Trinajstić information content (AvgIpc) is 3.20. The maximum atomic E-state index is 11.8. The van der Waals surface area contributed by atoms with E-state index in [1.54, 1.807) is 19.2 Å². The molecule has 3 aromatic rings. The molecule has 0 bridgehead atoms. The van der Waals surface area contributed by atoms with Gasteiger partial charge in [-0.3, -0.25) is 4.79 Å². The van der Waals surface area contributed by atoms with Crippen LogP contribution >= 0.6 is 22.6 Å². The fourth-order valence-corrected chi connectivity index (χ4v) is 2.67. The van der Waals surface area contributed by atoms with Gasteiger partial charge in [0.15, 0.2) is 5.76 Å². The van der Waals surface area contributed by atoms with Crippen molar-refractivity contribution in [3.63, 3.8) is 0 Å². The molecule has 1 amide bonds. The van der Waals surface area contributed by atoms with Crippen LogP contribution in [0.1, 0.15) is 11.3 Å². The van der Waals surface area contributed by atoms with Gasteiger partial charge in [0.25, 0.3) is 11.9 Å². The van der Waals surface area contributed by atoms with Gasteiger partial charge < -0.3 is 19.2 Å². The molecular weight excluding hydrogens is 485 g/mol. The van der Waals surface area contributed by atoms with Crippen molar-refractivity contribution in [3.8, 4) is 11.7 Å². The lowest BCUT2D eigenvalue weighted by Gasteiger charge is -2.05. The van der Waals surface area contributed by atoms with Crippen molar-refractivity contribution in [1.29, 1.82) is 0 Å². The molecule has 0 aliphatic heterocycles. The molecule has 2 N–H and O–H groups in total. The summed E-state index contributed by atoms with van der Waals surface area (Å²) in [6.45, 7) is 0.487. The highest BCUT2D eigenvalue weighted by Crippen LogP contribution is 2.17. The number of hydrazone groups is 1. The first-order valence-electron chi connectivity index (χ1n) is 8.79. The molecule has 0 atom stereocenters. The van der Waals surface area contributed by atoms with Crippen LogP contribution < -0.4 is 20.2 Å². The fourth-order valence-electron chi connectivity index (χ4n) is 2.32. The maximum absolute atomic E-state index is 11.8. The van der Waals surface area contributed by atoms with Crippen LogP contribution in [0.5, 0.6) is 11.7 Å². The average molecular weight is 505 g/mol. The molecule has 0 saturated carbocycles. The molecule has 7 nitrogen and oxygen atoms in total. The molecule has 8 heteroatoms. The molecule has 0 aliphatic carbocycles. The summed E-state index contributed by atoms with van der Waals surface area (Å²) in [5.74, 6) is 1.37. The number of halogens is 1.